The van der Waals surface area contributed by atoms with Crippen molar-refractivity contribution in [1.29, 1.82) is 0 Å². The van der Waals surface area contributed by atoms with Crippen LogP contribution in [0.4, 0.5) is 0 Å². The van der Waals surface area contributed by atoms with Crippen LogP contribution in [0.5, 0.6) is 11.5 Å². The molecule has 0 saturated carbocycles. The molecule has 0 aliphatic carbocycles. The number of nitrogens with one attached hydrogen (secondary N) is 1. The summed E-state index contributed by atoms with van der Waals surface area (Å²) in [5.74, 6) is 1.94. The minimum absolute atomic E-state index is 0.229. The summed E-state index contributed by atoms with van der Waals surface area (Å²) in [6.07, 6.45) is 0. The Kier molecular flexibility index (Phi) is 6.36. The summed E-state index contributed by atoms with van der Waals surface area (Å²) >= 11 is 1.75. The largest absolute Gasteiger partial charge is 0.493 e. The van der Waals surface area contributed by atoms with E-state index in [4.69, 9.17) is 9.47 Å². The summed E-state index contributed by atoms with van der Waals surface area (Å²) in [7, 11) is 1.64. The Hall–Kier alpha value is -3.23. The smallest absolute Gasteiger partial charge is 0.194 e. The lowest BCUT2D eigenvalue weighted by atomic mass is 10.2. The van der Waals surface area contributed by atoms with E-state index >= 15 is 0 Å². The Balaban J connectivity index is 1.40. The average Bonchev–Trinajstić information content (AvgIpc) is 3.45. The molecule has 0 radical (unpaired) electrons. The second-order valence-corrected chi connectivity index (χ2v) is 7.83. The number of tetrazole rings is 1. The lowest BCUT2D eigenvalue weighted by Gasteiger charge is -2.12. The van der Waals surface area contributed by atoms with Crippen molar-refractivity contribution in [1.82, 2.24) is 25.5 Å². The van der Waals surface area contributed by atoms with Crippen molar-refractivity contribution in [3.63, 3.8) is 0 Å². The minimum Gasteiger partial charge on any atom is -0.493 e. The number of hydrogen-bond acceptors (Lipinski definition) is 7. The summed E-state index contributed by atoms with van der Waals surface area (Å²) in [5.41, 5.74) is 3.20. The van der Waals surface area contributed by atoms with Gasteiger partial charge < -0.3 is 14.8 Å². The fourth-order valence-corrected chi connectivity index (χ4v) is 3.68. The number of benzene rings is 2. The number of nitrogens with zero attached hydrogens (tertiary/aromatic N) is 4. The highest BCUT2D eigenvalue weighted by atomic mass is 32.1. The van der Waals surface area contributed by atoms with Crippen LogP contribution in [0.1, 0.15) is 21.8 Å². The van der Waals surface area contributed by atoms with Gasteiger partial charge in [-0.1, -0.05) is 29.8 Å². The van der Waals surface area contributed by atoms with E-state index in [1.54, 1.807) is 23.1 Å². The molecule has 0 spiro atoms. The first-order chi connectivity index (χ1) is 14.7. The molecule has 2 aromatic carbocycles. The average molecular weight is 422 g/mol. The molecule has 0 atom stereocenters. The zero-order valence-corrected chi connectivity index (χ0v) is 17.7. The van der Waals surface area contributed by atoms with Crippen molar-refractivity contribution < 1.29 is 9.47 Å². The number of aromatic nitrogens is 4. The molecule has 2 aromatic heterocycles. The van der Waals surface area contributed by atoms with Gasteiger partial charge in [-0.25, -0.2) is 0 Å². The van der Waals surface area contributed by atoms with Crippen LogP contribution in [0.2, 0.25) is 0 Å². The van der Waals surface area contributed by atoms with Gasteiger partial charge in [-0.15, -0.1) is 16.4 Å². The first-order valence-electron chi connectivity index (χ1n) is 9.60. The van der Waals surface area contributed by atoms with Crippen LogP contribution in [-0.2, 0) is 19.7 Å². The highest BCUT2D eigenvalue weighted by Crippen LogP contribution is 2.29. The van der Waals surface area contributed by atoms with Crippen molar-refractivity contribution in [2.75, 3.05) is 7.11 Å². The van der Waals surface area contributed by atoms with Crippen LogP contribution in [0, 0.1) is 6.92 Å². The van der Waals surface area contributed by atoms with Crippen molar-refractivity contribution >= 4 is 11.3 Å². The third-order valence-corrected chi connectivity index (χ3v) is 5.48. The van der Waals surface area contributed by atoms with Gasteiger partial charge in [0.15, 0.2) is 23.9 Å². The molecule has 30 heavy (non-hydrogen) atoms. The molecule has 0 bridgehead atoms. The molecule has 0 unspecified atom stereocenters. The molecule has 0 saturated heterocycles. The fraction of sp³-hybridized carbons (Fsp3) is 0.227. The van der Waals surface area contributed by atoms with Crippen LogP contribution in [0.25, 0.3) is 5.69 Å². The Morgan fingerprint density at radius 1 is 1.03 bits per heavy atom. The number of aryl methyl sites for hydroxylation is 1. The van der Waals surface area contributed by atoms with E-state index in [1.807, 2.05) is 49.4 Å². The summed E-state index contributed by atoms with van der Waals surface area (Å²) in [6, 6.07) is 18.1. The van der Waals surface area contributed by atoms with Gasteiger partial charge >= 0.3 is 0 Å². The molecule has 0 fully saturated rings. The molecule has 2 heterocycles. The first-order valence-corrected chi connectivity index (χ1v) is 10.5. The van der Waals surface area contributed by atoms with E-state index in [0.29, 0.717) is 17.3 Å². The maximum atomic E-state index is 5.97. The van der Waals surface area contributed by atoms with Crippen LogP contribution >= 0.6 is 11.3 Å². The van der Waals surface area contributed by atoms with Gasteiger partial charge in [-0.3, -0.25) is 0 Å². The molecule has 8 heteroatoms. The lowest BCUT2D eigenvalue weighted by molar-refractivity contribution is 0.273. The van der Waals surface area contributed by atoms with Crippen LogP contribution in [0.3, 0.4) is 0 Å². The lowest BCUT2D eigenvalue weighted by Crippen LogP contribution is -2.12. The first kappa shape index (κ1) is 20.1. The number of thiophene rings is 1. The predicted molar refractivity (Wildman–Crippen MR) is 116 cm³/mol. The third kappa shape index (κ3) is 4.84. The van der Waals surface area contributed by atoms with Gasteiger partial charge in [-0.2, -0.15) is 4.68 Å². The summed E-state index contributed by atoms with van der Waals surface area (Å²) in [4.78, 5) is 1.31. The highest BCUT2D eigenvalue weighted by molar-refractivity contribution is 7.09. The predicted octanol–water partition coefficient (Wildman–Crippen LogP) is 3.91. The SMILES string of the molecule is COc1cc(CNCc2cccs2)ccc1OCc1nnnn1-c1ccc(C)cc1. The molecular weight excluding hydrogens is 398 g/mol. The zero-order chi connectivity index (χ0) is 20.8. The Labute approximate surface area is 179 Å². The summed E-state index contributed by atoms with van der Waals surface area (Å²) < 4.78 is 13.2. The van der Waals surface area contributed by atoms with Gasteiger partial charge in [0.25, 0.3) is 0 Å². The van der Waals surface area contributed by atoms with Gasteiger partial charge in [0.2, 0.25) is 0 Å². The molecule has 1 N–H and O–H groups in total. The molecule has 0 aliphatic heterocycles. The van der Waals surface area contributed by atoms with Crippen LogP contribution < -0.4 is 14.8 Å². The summed E-state index contributed by atoms with van der Waals surface area (Å²) in [6.45, 7) is 3.87. The van der Waals surface area contributed by atoms with Gasteiger partial charge in [0.1, 0.15) is 0 Å². The quantitative estimate of drug-likeness (QED) is 0.442. The van der Waals surface area contributed by atoms with Crippen molar-refractivity contribution in [2.45, 2.75) is 26.6 Å². The molecule has 154 valence electrons. The van der Waals surface area contributed by atoms with E-state index in [-0.39, 0.29) is 6.61 Å². The second kappa shape index (κ2) is 9.51. The number of rotatable bonds is 9. The molecule has 4 aromatic rings. The Morgan fingerprint density at radius 2 is 1.90 bits per heavy atom. The van der Waals surface area contributed by atoms with Crippen LogP contribution in [0.15, 0.2) is 60.0 Å². The standard InChI is InChI=1S/C22H23N5O2S/c1-16-5-8-18(9-6-16)27-22(24-25-26-27)15-29-20-10-7-17(12-21(20)28-2)13-23-14-19-4-3-11-30-19/h3-12,23H,13-15H2,1-2H3. The van der Waals surface area contributed by atoms with E-state index in [9.17, 15) is 0 Å². The monoisotopic (exact) mass is 421 g/mol. The van der Waals surface area contributed by atoms with Crippen LogP contribution in [-0.4, -0.2) is 27.3 Å². The normalized spacial score (nSPS) is 10.9. The Morgan fingerprint density at radius 3 is 2.67 bits per heavy atom. The van der Waals surface area contributed by atoms with E-state index in [0.717, 1.165) is 24.3 Å². The molecule has 0 amide bonds. The van der Waals surface area contributed by atoms with E-state index in [2.05, 4.69) is 38.4 Å². The molecule has 4 rings (SSSR count). The van der Waals surface area contributed by atoms with Gasteiger partial charge in [-0.05, 0) is 58.6 Å². The summed E-state index contributed by atoms with van der Waals surface area (Å²) in [5, 5.41) is 17.5. The zero-order valence-electron chi connectivity index (χ0n) is 16.9. The topological polar surface area (TPSA) is 74.1 Å². The number of hydrogen-bond donors (Lipinski definition) is 1. The van der Waals surface area contributed by atoms with Crippen molar-refractivity contribution in [3.8, 4) is 17.2 Å². The Bertz CT molecular complexity index is 1080. The number of ether oxygens (including phenoxy) is 2. The van der Waals surface area contributed by atoms with E-state index in [1.165, 1.54) is 10.4 Å². The van der Waals surface area contributed by atoms with E-state index < -0.39 is 0 Å². The highest BCUT2D eigenvalue weighted by Gasteiger charge is 2.12. The van der Waals surface area contributed by atoms with Crippen molar-refractivity contribution in [2.24, 2.45) is 0 Å². The molecular formula is C22H23N5O2S. The fourth-order valence-electron chi connectivity index (χ4n) is 3.01. The number of methoxy groups -OCH3 is 1. The van der Waals surface area contributed by atoms with Gasteiger partial charge in [0, 0.05) is 18.0 Å². The molecule has 0 aliphatic rings. The second-order valence-electron chi connectivity index (χ2n) is 6.80. The minimum atomic E-state index is 0.229. The maximum absolute atomic E-state index is 5.97. The third-order valence-electron chi connectivity index (χ3n) is 4.61. The molecule has 7 nitrogen and oxygen atoms in total. The maximum Gasteiger partial charge on any atom is 0.194 e. The van der Waals surface area contributed by atoms with Gasteiger partial charge in [0.05, 0.1) is 12.8 Å². The van der Waals surface area contributed by atoms with Crippen molar-refractivity contribution in [3.05, 3.63) is 81.8 Å².